The van der Waals surface area contributed by atoms with Crippen molar-refractivity contribution in [1.82, 2.24) is 14.9 Å². The summed E-state index contributed by atoms with van der Waals surface area (Å²) < 4.78 is 16.9. The van der Waals surface area contributed by atoms with Crippen molar-refractivity contribution in [2.75, 3.05) is 13.1 Å². The number of hydrogen-bond acceptors (Lipinski definition) is 2. The molecule has 1 aliphatic heterocycles. The van der Waals surface area contributed by atoms with Crippen LogP contribution in [0.25, 0.3) is 0 Å². The molecule has 1 aliphatic rings. The van der Waals surface area contributed by atoms with Gasteiger partial charge >= 0.3 is 0 Å². The van der Waals surface area contributed by atoms with E-state index in [4.69, 9.17) is 0 Å². The van der Waals surface area contributed by atoms with E-state index in [2.05, 4.69) is 21.8 Å². The molecule has 1 aromatic rings. The maximum Gasteiger partial charge on any atom is 0.119 e. The first-order valence-electron chi connectivity index (χ1n) is 7.03. The number of hydrogen-bond donors (Lipinski definition) is 1. The van der Waals surface area contributed by atoms with Gasteiger partial charge in [0.1, 0.15) is 11.5 Å². The van der Waals surface area contributed by atoms with Gasteiger partial charge in [-0.25, -0.2) is 9.37 Å². The van der Waals surface area contributed by atoms with Crippen LogP contribution in [-0.2, 0) is 13.0 Å². The third-order valence-electron chi connectivity index (χ3n) is 3.92. The molecular weight excluding hydrogens is 229 g/mol. The molecule has 2 atom stereocenters. The van der Waals surface area contributed by atoms with Gasteiger partial charge in [0.2, 0.25) is 0 Å². The van der Waals surface area contributed by atoms with E-state index in [1.165, 1.54) is 0 Å². The monoisotopic (exact) mass is 253 g/mol. The highest BCUT2D eigenvalue weighted by atomic mass is 19.1. The van der Waals surface area contributed by atoms with E-state index in [0.29, 0.717) is 6.42 Å². The minimum absolute atomic E-state index is 0.109. The first-order valence-corrected chi connectivity index (χ1v) is 7.03. The summed E-state index contributed by atoms with van der Waals surface area (Å²) in [6, 6.07) is 0. The lowest BCUT2D eigenvalue weighted by Gasteiger charge is -2.33. The van der Waals surface area contributed by atoms with Crippen molar-refractivity contribution < 1.29 is 4.39 Å². The Hall–Kier alpha value is -0.900. The van der Waals surface area contributed by atoms with Crippen LogP contribution in [0.1, 0.15) is 38.9 Å². The van der Waals surface area contributed by atoms with E-state index < -0.39 is 5.67 Å². The van der Waals surface area contributed by atoms with Crippen molar-refractivity contribution in [3.05, 3.63) is 18.2 Å². The smallest absolute Gasteiger partial charge is 0.119 e. The van der Waals surface area contributed by atoms with Crippen LogP contribution in [0, 0.1) is 5.92 Å². The van der Waals surface area contributed by atoms with Gasteiger partial charge in [-0.15, -0.1) is 0 Å². The zero-order valence-electron chi connectivity index (χ0n) is 11.5. The van der Waals surface area contributed by atoms with Crippen molar-refractivity contribution >= 4 is 0 Å². The Balaban J connectivity index is 2.03. The molecule has 1 fully saturated rings. The Morgan fingerprint density at radius 2 is 2.44 bits per heavy atom. The third-order valence-corrected chi connectivity index (χ3v) is 3.92. The van der Waals surface area contributed by atoms with E-state index in [-0.39, 0.29) is 5.92 Å². The van der Waals surface area contributed by atoms with Gasteiger partial charge in [-0.2, -0.15) is 0 Å². The summed E-state index contributed by atoms with van der Waals surface area (Å²) in [5.74, 6) is 0.991. The first kappa shape index (κ1) is 13.5. The predicted molar refractivity (Wildman–Crippen MR) is 71.3 cm³/mol. The summed E-state index contributed by atoms with van der Waals surface area (Å²) in [4.78, 5) is 4.32. The minimum atomic E-state index is -1.16. The van der Waals surface area contributed by atoms with Crippen molar-refractivity contribution in [1.29, 1.82) is 0 Å². The maximum absolute atomic E-state index is 14.9. The fourth-order valence-corrected chi connectivity index (χ4v) is 2.77. The number of rotatable bonds is 5. The van der Waals surface area contributed by atoms with Crippen LogP contribution in [0.5, 0.6) is 0 Å². The highest BCUT2D eigenvalue weighted by Crippen LogP contribution is 2.30. The molecule has 2 heterocycles. The fourth-order valence-electron chi connectivity index (χ4n) is 2.77. The van der Waals surface area contributed by atoms with E-state index in [1.54, 1.807) is 13.1 Å². The normalized spacial score (nSPS) is 23.8. The van der Waals surface area contributed by atoms with Crippen LogP contribution in [0.4, 0.5) is 4.39 Å². The molecule has 4 heteroatoms. The largest absolute Gasteiger partial charge is 0.335 e. The second-order valence-electron chi connectivity index (χ2n) is 5.53. The first-order chi connectivity index (χ1) is 8.63. The molecule has 2 rings (SSSR count). The third kappa shape index (κ3) is 3.10. The second kappa shape index (κ2) is 5.83. The van der Waals surface area contributed by atoms with Crippen molar-refractivity contribution in [2.24, 2.45) is 5.92 Å². The van der Waals surface area contributed by atoms with Gasteiger partial charge in [0.25, 0.3) is 0 Å². The maximum atomic E-state index is 14.9. The van der Waals surface area contributed by atoms with Gasteiger partial charge < -0.3 is 9.88 Å². The quantitative estimate of drug-likeness (QED) is 0.874. The van der Waals surface area contributed by atoms with E-state index in [1.807, 2.05) is 6.20 Å². The molecule has 102 valence electrons. The SMILES string of the molecule is CCCn1ccnc1CC(C)(F)C1CCCNC1. The summed E-state index contributed by atoms with van der Waals surface area (Å²) >= 11 is 0. The van der Waals surface area contributed by atoms with Gasteiger partial charge in [-0.3, -0.25) is 0 Å². The average Bonchev–Trinajstić information content (AvgIpc) is 2.78. The topological polar surface area (TPSA) is 29.9 Å². The summed E-state index contributed by atoms with van der Waals surface area (Å²) in [5.41, 5.74) is -1.16. The lowest BCUT2D eigenvalue weighted by molar-refractivity contribution is 0.0802. The Labute approximate surface area is 109 Å². The number of piperidine rings is 1. The Morgan fingerprint density at radius 3 is 3.11 bits per heavy atom. The molecule has 3 nitrogen and oxygen atoms in total. The van der Waals surface area contributed by atoms with Gasteiger partial charge in [0.15, 0.2) is 0 Å². The molecule has 0 radical (unpaired) electrons. The van der Waals surface area contributed by atoms with Crippen molar-refractivity contribution in [3.8, 4) is 0 Å². The molecule has 0 saturated carbocycles. The predicted octanol–water partition coefficient (Wildman–Crippen LogP) is 2.56. The molecule has 0 spiro atoms. The lowest BCUT2D eigenvalue weighted by Crippen LogP contribution is -2.43. The second-order valence-corrected chi connectivity index (χ2v) is 5.53. The summed E-state index contributed by atoms with van der Waals surface area (Å²) in [7, 11) is 0. The van der Waals surface area contributed by atoms with Crippen LogP contribution in [0.3, 0.4) is 0 Å². The Kier molecular flexibility index (Phi) is 4.38. The number of nitrogens with one attached hydrogen (secondary N) is 1. The standard InChI is InChI=1S/C14H24FN3/c1-3-8-18-9-7-17-13(18)10-14(2,15)12-5-4-6-16-11-12/h7,9,12,16H,3-6,8,10-11H2,1-2H3. The summed E-state index contributed by atoms with van der Waals surface area (Å²) in [6.45, 7) is 6.60. The van der Waals surface area contributed by atoms with Crippen LogP contribution >= 0.6 is 0 Å². The molecule has 1 saturated heterocycles. The molecule has 0 amide bonds. The van der Waals surface area contributed by atoms with Gasteiger partial charge in [0.05, 0.1) is 0 Å². The number of alkyl halides is 1. The number of nitrogens with zero attached hydrogens (tertiary/aromatic N) is 2. The fraction of sp³-hybridized carbons (Fsp3) is 0.786. The molecule has 0 aliphatic carbocycles. The lowest BCUT2D eigenvalue weighted by atomic mass is 9.82. The van der Waals surface area contributed by atoms with Crippen LogP contribution < -0.4 is 5.32 Å². The highest BCUT2D eigenvalue weighted by molar-refractivity contribution is 5.00. The van der Waals surface area contributed by atoms with E-state index in [9.17, 15) is 4.39 Å². The van der Waals surface area contributed by atoms with E-state index in [0.717, 1.165) is 44.7 Å². The van der Waals surface area contributed by atoms with Gasteiger partial charge in [-0.1, -0.05) is 6.92 Å². The Morgan fingerprint density at radius 1 is 1.61 bits per heavy atom. The molecule has 2 unspecified atom stereocenters. The van der Waals surface area contributed by atoms with Crippen LogP contribution in [0.15, 0.2) is 12.4 Å². The van der Waals surface area contributed by atoms with Crippen molar-refractivity contribution in [2.45, 2.75) is 51.7 Å². The number of aryl methyl sites for hydroxylation is 1. The average molecular weight is 253 g/mol. The minimum Gasteiger partial charge on any atom is -0.335 e. The van der Waals surface area contributed by atoms with Gasteiger partial charge in [-0.05, 0) is 32.7 Å². The molecule has 1 N–H and O–H groups in total. The number of imidazole rings is 1. The van der Waals surface area contributed by atoms with Gasteiger partial charge in [0, 0.05) is 37.8 Å². The molecular formula is C14H24FN3. The van der Waals surface area contributed by atoms with Crippen LogP contribution in [-0.4, -0.2) is 28.3 Å². The molecule has 0 bridgehead atoms. The summed E-state index contributed by atoms with van der Waals surface area (Å²) in [5, 5.41) is 3.29. The number of halogens is 1. The van der Waals surface area contributed by atoms with E-state index >= 15 is 0 Å². The zero-order chi connectivity index (χ0) is 13.0. The summed E-state index contributed by atoms with van der Waals surface area (Å²) in [6.07, 6.45) is 7.26. The molecule has 18 heavy (non-hydrogen) atoms. The zero-order valence-corrected chi connectivity index (χ0v) is 11.5. The van der Waals surface area contributed by atoms with Crippen LogP contribution in [0.2, 0.25) is 0 Å². The number of aromatic nitrogens is 2. The Bertz CT molecular complexity index is 367. The van der Waals surface area contributed by atoms with Crippen molar-refractivity contribution in [3.63, 3.8) is 0 Å². The highest BCUT2D eigenvalue weighted by Gasteiger charge is 2.36. The molecule has 0 aromatic carbocycles. The molecule has 1 aromatic heterocycles.